The molecular formula is C24H17BrClFN2O3. The molecule has 0 spiro atoms. The summed E-state index contributed by atoms with van der Waals surface area (Å²) in [5.74, 6) is -0.444. The van der Waals surface area contributed by atoms with Crippen molar-refractivity contribution in [3.05, 3.63) is 92.7 Å². The first-order valence-corrected chi connectivity index (χ1v) is 10.5. The topological polar surface area (TPSA) is 71.3 Å². The van der Waals surface area contributed by atoms with Gasteiger partial charge in [0.15, 0.2) is 11.5 Å². The number of hydrogen-bond donors (Lipinski definition) is 1. The molecule has 0 fully saturated rings. The lowest BCUT2D eigenvalue weighted by molar-refractivity contribution is -0.112. The quantitative estimate of drug-likeness (QED) is 0.293. The fourth-order valence-electron chi connectivity index (χ4n) is 2.77. The molecule has 8 heteroatoms. The molecule has 0 saturated heterocycles. The van der Waals surface area contributed by atoms with E-state index < -0.39 is 11.7 Å². The van der Waals surface area contributed by atoms with E-state index in [0.717, 1.165) is 5.56 Å². The zero-order valence-corrected chi connectivity index (χ0v) is 19.2. The number of benzene rings is 3. The third-order valence-electron chi connectivity index (χ3n) is 4.35. The Morgan fingerprint density at radius 3 is 2.59 bits per heavy atom. The molecule has 0 unspecified atom stereocenters. The molecule has 0 atom stereocenters. The van der Waals surface area contributed by atoms with Gasteiger partial charge in [0.05, 0.1) is 17.3 Å². The SMILES string of the molecule is COc1cc(/C=C(/C#N)C(=O)Nc2ccccc2F)cc(Br)c1OCc1ccc(Cl)cc1. The van der Waals surface area contributed by atoms with Crippen molar-refractivity contribution < 1.29 is 18.7 Å². The average Bonchev–Trinajstić information content (AvgIpc) is 2.79. The maximum Gasteiger partial charge on any atom is 0.266 e. The number of para-hydroxylation sites is 1. The van der Waals surface area contributed by atoms with Gasteiger partial charge in [0.2, 0.25) is 0 Å². The minimum atomic E-state index is -0.726. The summed E-state index contributed by atoms with van der Waals surface area (Å²) in [4.78, 5) is 12.4. The van der Waals surface area contributed by atoms with Crippen molar-refractivity contribution in [2.45, 2.75) is 6.61 Å². The highest BCUT2D eigenvalue weighted by Gasteiger charge is 2.15. The van der Waals surface area contributed by atoms with Crippen molar-refractivity contribution >= 4 is 45.2 Å². The first kappa shape index (κ1) is 23.3. The normalized spacial score (nSPS) is 10.9. The number of nitrogens with one attached hydrogen (secondary N) is 1. The number of methoxy groups -OCH3 is 1. The van der Waals surface area contributed by atoms with Crippen LogP contribution in [0.25, 0.3) is 6.08 Å². The summed E-state index contributed by atoms with van der Waals surface area (Å²) in [6, 6.07) is 18.1. The molecule has 32 heavy (non-hydrogen) atoms. The van der Waals surface area contributed by atoms with Crippen LogP contribution in [0.4, 0.5) is 10.1 Å². The second-order valence-electron chi connectivity index (χ2n) is 6.55. The molecule has 1 amide bonds. The molecule has 3 aromatic rings. The Kier molecular flexibility index (Phi) is 7.87. The Bertz CT molecular complexity index is 1210. The minimum absolute atomic E-state index is 0.0108. The van der Waals surface area contributed by atoms with E-state index in [0.29, 0.717) is 26.6 Å². The van der Waals surface area contributed by atoms with E-state index >= 15 is 0 Å². The van der Waals surface area contributed by atoms with E-state index in [1.165, 1.54) is 31.4 Å². The van der Waals surface area contributed by atoms with Gasteiger partial charge in [-0.1, -0.05) is 35.9 Å². The molecule has 0 bridgehead atoms. The summed E-state index contributed by atoms with van der Waals surface area (Å²) in [7, 11) is 1.49. The Labute approximate surface area is 198 Å². The van der Waals surface area contributed by atoms with Gasteiger partial charge in [-0.25, -0.2) is 4.39 Å². The van der Waals surface area contributed by atoms with Crippen molar-refractivity contribution in [1.29, 1.82) is 5.26 Å². The fourth-order valence-corrected chi connectivity index (χ4v) is 3.47. The summed E-state index contributed by atoms with van der Waals surface area (Å²) in [6.07, 6.45) is 1.38. The van der Waals surface area contributed by atoms with E-state index in [2.05, 4.69) is 21.2 Å². The van der Waals surface area contributed by atoms with E-state index in [4.69, 9.17) is 21.1 Å². The van der Waals surface area contributed by atoms with Gasteiger partial charge in [-0.05, 0) is 69.5 Å². The maximum atomic E-state index is 13.8. The molecule has 0 aliphatic carbocycles. The van der Waals surface area contributed by atoms with Gasteiger partial charge in [0.25, 0.3) is 5.91 Å². The summed E-state index contributed by atoms with van der Waals surface area (Å²) < 4.78 is 25.7. The van der Waals surface area contributed by atoms with Crippen LogP contribution in [-0.2, 0) is 11.4 Å². The Hall–Kier alpha value is -3.34. The van der Waals surface area contributed by atoms with E-state index in [9.17, 15) is 14.4 Å². The standard InChI is InChI=1S/C24H17BrClFN2O3/c1-31-22-12-16(10-17(13-28)24(30)29-21-5-3-2-4-20(21)27)11-19(25)23(22)32-14-15-6-8-18(26)9-7-15/h2-12H,14H2,1H3,(H,29,30)/b17-10-. The van der Waals surface area contributed by atoms with Crippen LogP contribution in [0.3, 0.4) is 0 Å². The zero-order valence-electron chi connectivity index (χ0n) is 16.9. The highest BCUT2D eigenvalue weighted by atomic mass is 79.9. The first-order chi connectivity index (χ1) is 15.4. The predicted octanol–water partition coefficient (Wildman–Crippen LogP) is 6.37. The van der Waals surface area contributed by atoms with Gasteiger partial charge in [-0.3, -0.25) is 4.79 Å². The summed E-state index contributed by atoms with van der Waals surface area (Å²) >= 11 is 9.35. The molecule has 0 heterocycles. The summed E-state index contributed by atoms with van der Waals surface area (Å²) in [6.45, 7) is 0.288. The lowest BCUT2D eigenvalue weighted by Gasteiger charge is -2.14. The number of carbonyl (C=O) groups excluding carboxylic acids is 1. The predicted molar refractivity (Wildman–Crippen MR) is 125 cm³/mol. The van der Waals surface area contributed by atoms with Crippen LogP contribution < -0.4 is 14.8 Å². The number of rotatable bonds is 7. The van der Waals surface area contributed by atoms with Crippen LogP contribution in [0.5, 0.6) is 11.5 Å². The molecule has 0 saturated carbocycles. The molecule has 3 rings (SSSR count). The van der Waals surface area contributed by atoms with Crippen molar-refractivity contribution in [2.75, 3.05) is 12.4 Å². The van der Waals surface area contributed by atoms with Gasteiger partial charge in [-0.15, -0.1) is 0 Å². The van der Waals surface area contributed by atoms with Crippen LogP contribution in [-0.4, -0.2) is 13.0 Å². The molecule has 3 aromatic carbocycles. The van der Waals surface area contributed by atoms with Gasteiger partial charge in [0, 0.05) is 5.02 Å². The van der Waals surface area contributed by atoms with Gasteiger partial charge in [-0.2, -0.15) is 5.26 Å². The number of anilines is 1. The number of nitriles is 1. The van der Waals surface area contributed by atoms with Gasteiger partial charge >= 0.3 is 0 Å². The van der Waals surface area contributed by atoms with Crippen molar-refractivity contribution in [1.82, 2.24) is 0 Å². The second kappa shape index (κ2) is 10.8. The number of halogens is 3. The minimum Gasteiger partial charge on any atom is -0.493 e. The van der Waals surface area contributed by atoms with Crippen LogP contribution in [0.2, 0.25) is 5.02 Å². The highest BCUT2D eigenvalue weighted by molar-refractivity contribution is 9.10. The fraction of sp³-hybridized carbons (Fsp3) is 0.0833. The lowest BCUT2D eigenvalue weighted by Crippen LogP contribution is -2.14. The monoisotopic (exact) mass is 514 g/mol. The van der Waals surface area contributed by atoms with E-state index in [-0.39, 0.29) is 17.9 Å². The summed E-state index contributed by atoms with van der Waals surface area (Å²) in [5.41, 5.74) is 1.23. The third kappa shape index (κ3) is 5.88. The van der Waals surface area contributed by atoms with Crippen molar-refractivity contribution in [3.8, 4) is 17.6 Å². The van der Waals surface area contributed by atoms with Gasteiger partial charge in [0.1, 0.15) is 24.1 Å². The van der Waals surface area contributed by atoms with Gasteiger partial charge < -0.3 is 14.8 Å². The molecule has 0 aliphatic heterocycles. The molecule has 5 nitrogen and oxygen atoms in total. The third-order valence-corrected chi connectivity index (χ3v) is 5.19. The number of nitrogens with zero attached hydrogens (tertiary/aromatic N) is 1. The van der Waals surface area contributed by atoms with Crippen LogP contribution in [0, 0.1) is 17.1 Å². The van der Waals surface area contributed by atoms with Crippen LogP contribution in [0.15, 0.2) is 70.7 Å². The number of carbonyl (C=O) groups is 1. The molecule has 162 valence electrons. The Morgan fingerprint density at radius 2 is 1.94 bits per heavy atom. The molecule has 0 aliphatic rings. The van der Waals surface area contributed by atoms with Crippen molar-refractivity contribution in [2.24, 2.45) is 0 Å². The number of amides is 1. The average molecular weight is 516 g/mol. The van der Waals surface area contributed by atoms with Crippen molar-refractivity contribution in [3.63, 3.8) is 0 Å². The second-order valence-corrected chi connectivity index (χ2v) is 7.84. The lowest BCUT2D eigenvalue weighted by atomic mass is 10.1. The number of ether oxygens (including phenoxy) is 2. The van der Waals surface area contributed by atoms with E-state index in [1.54, 1.807) is 30.3 Å². The Morgan fingerprint density at radius 1 is 1.22 bits per heavy atom. The maximum absolute atomic E-state index is 13.8. The molecule has 0 radical (unpaired) electrons. The van der Waals surface area contributed by atoms with Crippen LogP contribution >= 0.6 is 27.5 Å². The van der Waals surface area contributed by atoms with Crippen LogP contribution in [0.1, 0.15) is 11.1 Å². The smallest absolute Gasteiger partial charge is 0.266 e. The number of hydrogen-bond acceptors (Lipinski definition) is 4. The summed E-state index contributed by atoms with van der Waals surface area (Å²) in [5, 5.41) is 12.5. The Balaban J connectivity index is 1.82. The molecular weight excluding hydrogens is 499 g/mol. The molecule has 1 N–H and O–H groups in total. The first-order valence-electron chi connectivity index (χ1n) is 9.33. The van der Waals surface area contributed by atoms with E-state index in [1.807, 2.05) is 18.2 Å². The largest absolute Gasteiger partial charge is 0.493 e. The highest BCUT2D eigenvalue weighted by Crippen LogP contribution is 2.38. The molecule has 0 aromatic heterocycles. The zero-order chi connectivity index (χ0) is 23.1.